The molecule has 78 valence electrons. The number of carboxylic acids is 1. The van der Waals surface area contributed by atoms with Crippen molar-refractivity contribution in [2.75, 3.05) is 5.75 Å². The Morgan fingerprint density at radius 2 is 2.20 bits per heavy atom. The first-order valence-electron chi connectivity index (χ1n) is 4.72. The van der Waals surface area contributed by atoms with Gasteiger partial charge in [-0.2, -0.15) is 0 Å². The molecule has 1 unspecified atom stereocenters. The molecule has 4 heteroatoms. The highest BCUT2D eigenvalue weighted by molar-refractivity contribution is 8.14. The standard InChI is InChI=1S/C11H11NO2S/c13-11(14)6-10-12-9(7-15-10)8-4-2-1-3-5-8/h1-5,9H,6-7H2,(H,13,14). The van der Waals surface area contributed by atoms with Gasteiger partial charge in [0, 0.05) is 5.75 Å². The van der Waals surface area contributed by atoms with E-state index < -0.39 is 5.97 Å². The van der Waals surface area contributed by atoms with Crippen molar-refractivity contribution in [3.05, 3.63) is 35.9 Å². The van der Waals surface area contributed by atoms with Crippen LogP contribution in [0.5, 0.6) is 0 Å². The summed E-state index contributed by atoms with van der Waals surface area (Å²) in [5, 5.41) is 9.37. The number of carboxylic acid groups (broad SMARTS) is 1. The van der Waals surface area contributed by atoms with Crippen LogP contribution in [0.3, 0.4) is 0 Å². The molecule has 0 aliphatic carbocycles. The normalized spacial score (nSPS) is 20.0. The lowest BCUT2D eigenvalue weighted by Gasteiger charge is -2.04. The summed E-state index contributed by atoms with van der Waals surface area (Å²) in [5.41, 5.74) is 1.16. The summed E-state index contributed by atoms with van der Waals surface area (Å²) in [4.78, 5) is 14.9. The van der Waals surface area contributed by atoms with Gasteiger partial charge in [-0.25, -0.2) is 0 Å². The molecule has 0 fully saturated rings. The number of benzene rings is 1. The summed E-state index contributed by atoms with van der Waals surface area (Å²) in [6, 6.07) is 10.1. The minimum absolute atomic E-state index is 0.0496. The molecule has 1 aliphatic heterocycles. The summed E-state index contributed by atoms with van der Waals surface area (Å²) in [5.74, 6) is 0.0436. The van der Waals surface area contributed by atoms with Crippen LogP contribution in [0, 0.1) is 0 Å². The predicted octanol–water partition coefficient (Wildman–Crippen LogP) is 2.35. The van der Waals surface area contributed by atoms with E-state index in [2.05, 4.69) is 4.99 Å². The number of rotatable bonds is 3. The van der Waals surface area contributed by atoms with Gasteiger partial charge >= 0.3 is 5.97 Å². The summed E-state index contributed by atoms with van der Waals surface area (Å²) in [6.07, 6.45) is 0.0496. The van der Waals surface area contributed by atoms with E-state index in [1.165, 1.54) is 0 Å². The number of hydrogen-bond acceptors (Lipinski definition) is 3. The van der Waals surface area contributed by atoms with Gasteiger partial charge in [0.2, 0.25) is 0 Å². The Hall–Kier alpha value is -1.29. The first-order valence-corrected chi connectivity index (χ1v) is 5.70. The minimum Gasteiger partial charge on any atom is -0.481 e. The Morgan fingerprint density at radius 3 is 2.87 bits per heavy atom. The van der Waals surface area contributed by atoms with Gasteiger partial charge in [0.25, 0.3) is 0 Å². The van der Waals surface area contributed by atoms with E-state index in [0.717, 1.165) is 16.4 Å². The summed E-state index contributed by atoms with van der Waals surface area (Å²) >= 11 is 1.54. The van der Waals surface area contributed by atoms with E-state index in [1.54, 1.807) is 11.8 Å². The molecule has 1 heterocycles. The Balaban J connectivity index is 2.09. The van der Waals surface area contributed by atoms with Crippen LogP contribution in [0.15, 0.2) is 35.3 Å². The van der Waals surface area contributed by atoms with Gasteiger partial charge in [-0.1, -0.05) is 30.3 Å². The second kappa shape index (κ2) is 4.49. The van der Waals surface area contributed by atoms with Gasteiger partial charge in [-0.05, 0) is 5.56 Å². The molecule has 0 bridgehead atoms. The van der Waals surface area contributed by atoms with Crippen molar-refractivity contribution in [3.8, 4) is 0 Å². The second-order valence-electron chi connectivity index (χ2n) is 3.33. The van der Waals surface area contributed by atoms with Crippen molar-refractivity contribution in [2.45, 2.75) is 12.5 Å². The van der Waals surface area contributed by atoms with E-state index in [1.807, 2.05) is 30.3 Å². The fraction of sp³-hybridized carbons (Fsp3) is 0.273. The molecule has 0 radical (unpaired) electrons. The Labute approximate surface area is 92.2 Å². The maximum absolute atomic E-state index is 10.5. The summed E-state index contributed by atoms with van der Waals surface area (Å²) in [6.45, 7) is 0. The monoisotopic (exact) mass is 221 g/mol. The third kappa shape index (κ3) is 2.59. The zero-order chi connectivity index (χ0) is 10.7. The number of carbonyl (C=O) groups is 1. The van der Waals surface area contributed by atoms with E-state index in [0.29, 0.717) is 0 Å². The fourth-order valence-electron chi connectivity index (χ4n) is 1.50. The molecular formula is C11H11NO2S. The van der Waals surface area contributed by atoms with Crippen LogP contribution < -0.4 is 0 Å². The van der Waals surface area contributed by atoms with Gasteiger partial charge in [-0.3, -0.25) is 9.79 Å². The molecule has 2 rings (SSSR count). The molecule has 3 nitrogen and oxygen atoms in total. The van der Waals surface area contributed by atoms with Crippen molar-refractivity contribution in [1.82, 2.24) is 0 Å². The molecule has 0 amide bonds. The molecule has 0 spiro atoms. The Kier molecular flexibility index (Phi) is 3.06. The van der Waals surface area contributed by atoms with Crippen LogP contribution >= 0.6 is 11.8 Å². The van der Waals surface area contributed by atoms with Crippen molar-refractivity contribution in [3.63, 3.8) is 0 Å². The smallest absolute Gasteiger partial charge is 0.309 e. The zero-order valence-electron chi connectivity index (χ0n) is 8.09. The van der Waals surface area contributed by atoms with Crippen LogP contribution in [-0.4, -0.2) is 21.9 Å². The molecule has 0 saturated carbocycles. The van der Waals surface area contributed by atoms with Crippen LogP contribution in [0.4, 0.5) is 0 Å². The highest BCUT2D eigenvalue weighted by Crippen LogP contribution is 2.31. The van der Waals surface area contributed by atoms with Gasteiger partial charge < -0.3 is 5.11 Å². The van der Waals surface area contributed by atoms with Gasteiger partial charge in [0.05, 0.1) is 17.5 Å². The average Bonchev–Trinajstić information content (AvgIpc) is 2.67. The van der Waals surface area contributed by atoms with Gasteiger partial charge in [-0.15, -0.1) is 11.8 Å². The average molecular weight is 221 g/mol. The first-order chi connectivity index (χ1) is 7.25. The fourth-order valence-corrected chi connectivity index (χ4v) is 2.54. The molecule has 1 aromatic rings. The van der Waals surface area contributed by atoms with Crippen LogP contribution in [0.1, 0.15) is 18.0 Å². The molecule has 15 heavy (non-hydrogen) atoms. The third-order valence-electron chi connectivity index (χ3n) is 2.19. The highest BCUT2D eigenvalue weighted by atomic mass is 32.2. The van der Waals surface area contributed by atoms with Crippen LogP contribution in [-0.2, 0) is 4.79 Å². The highest BCUT2D eigenvalue weighted by Gasteiger charge is 2.20. The van der Waals surface area contributed by atoms with E-state index in [4.69, 9.17) is 5.11 Å². The quantitative estimate of drug-likeness (QED) is 0.852. The lowest BCUT2D eigenvalue weighted by molar-refractivity contribution is -0.135. The number of thioether (sulfide) groups is 1. The summed E-state index contributed by atoms with van der Waals surface area (Å²) in [7, 11) is 0. The largest absolute Gasteiger partial charge is 0.481 e. The van der Waals surface area contributed by atoms with Crippen molar-refractivity contribution < 1.29 is 9.90 Å². The Morgan fingerprint density at radius 1 is 1.47 bits per heavy atom. The molecule has 1 N–H and O–H groups in total. The van der Waals surface area contributed by atoms with E-state index in [9.17, 15) is 4.79 Å². The third-order valence-corrected chi connectivity index (χ3v) is 3.26. The number of nitrogens with zero attached hydrogens (tertiary/aromatic N) is 1. The van der Waals surface area contributed by atoms with E-state index in [-0.39, 0.29) is 12.5 Å². The first kappa shape index (κ1) is 10.2. The number of aliphatic carboxylic acids is 1. The number of hydrogen-bond donors (Lipinski definition) is 1. The van der Waals surface area contributed by atoms with Crippen LogP contribution in [0.2, 0.25) is 0 Å². The Bertz CT molecular complexity index is 389. The van der Waals surface area contributed by atoms with Crippen molar-refractivity contribution >= 4 is 22.8 Å². The van der Waals surface area contributed by atoms with Crippen molar-refractivity contribution in [2.24, 2.45) is 4.99 Å². The SMILES string of the molecule is O=C(O)CC1=NC(c2ccccc2)CS1. The van der Waals surface area contributed by atoms with Crippen LogP contribution in [0.25, 0.3) is 0 Å². The molecule has 1 aromatic carbocycles. The number of aliphatic imine (C=N–C) groups is 1. The molecule has 1 aliphatic rings. The maximum Gasteiger partial charge on any atom is 0.309 e. The molecule has 0 saturated heterocycles. The van der Waals surface area contributed by atoms with Gasteiger partial charge in [0.1, 0.15) is 0 Å². The molecule has 0 aromatic heterocycles. The summed E-state index contributed by atoms with van der Waals surface area (Å²) < 4.78 is 0. The van der Waals surface area contributed by atoms with Crippen molar-refractivity contribution in [1.29, 1.82) is 0 Å². The topological polar surface area (TPSA) is 49.7 Å². The molecule has 1 atom stereocenters. The lowest BCUT2D eigenvalue weighted by Crippen LogP contribution is -2.00. The predicted molar refractivity (Wildman–Crippen MR) is 61.3 cm³/mol. The maximum atomic E-state index is 10.5. The zero-order valence-corrected chi connectivity index (χ0v) is 8.91. The van der Waals surface area contributed by atoms with E-state index >= 15 is 0 Å². The van der Waals surface area contributed by atoms with Gasteiger partial charge in [0.15, 0.2) is 0 Å². The second-order valence-corrected chi connectivity index (χ2v) is 4.42. The minimum atomic E-state index is -0.810. The molecular weight excluding hydrogens is 210 g/mol. The lowest BCUT2D eigenvalue weighted by atomic mass is 10.1.